The molecule has 2 nitrogen and oxygen atoms in total. The van der Waals surface area contributed by atoms with Crippen LogP contribution in [0.4, 0.5) is 0 Å². The highest BCUT2D eigenvalue weighted by Gasteiger charge is 2.15. The van der Waals surface area contributed by atoms with Crippen LogP contribution in [-0.4, -0.2) is 4.98 Å². The number of fused-ring (bicyclic) bond motifs is 1. The van der Waals surface area contributed by atoms with Gasteiger partial charge in [0.2, 0.25) is 0 Å². The van der Waals surface area contributed by atoms with Crippen LogP contribution in [0, 0.1) is 24.2 Å². The molecule has 1 heterocycles. The average Bonchev–Trinajstić information content (AvgIpc) is 2.29. The first-order valence-corrected chi connectivity index (χ1v) is 5.87. The second-order valence-corrected chi connectivity index (χ2v) is 4.82. The van der Waals surface area contributed by atoms with E-state index in [0.29, 0.717) is 5.92 Å². The van der Waals surface area contributed by atoms with Crippen LogP contribution in [0.2, 0.25) is 0 Å². The molecule has 0 radical (unpaired) electrons. The Bertz CT molecular complexity index is 579. The Labute approximate surface area is 102 Å². The van der Waals surface area contributed by atoms with E-state index in [9.17, 15) is 5.26 Å². The van der Waals surface area contributed by atoms with Gasteiger partial charge in [0, 0.05) is 11.6 Å². The predicted octanol–water partition coefficient (Wildman–Crippen LogP) is 3.81. The summed E-state index contributed by atoms with van der Waals surface area (Å²) < 4.78 is 0. The largest absolute Gasteiger partial charge is 0.256 e. The lowest BCUT2D eigenvalue weighted by molar-refractivity contribution is 0.588. The molecule has 0 aliphatic carbocycles. The van der Waals surface area contributed by atoms with Crippen molar-refractivity contribution >= 4 is 10.9 Å². The Hall–Kier alpha value is -1.88. The molecule has 0 amide bonds. The highest BCUT2D eigenvalue weighted by molar-refractivity contribution is 5.80. The molecule has 0 saturated carbocycles. The van der Waals surface area contributed by atoms with Crippen molar-refractivity contribution in [3.8, 4) is 6.07 Å². The van der Waals surface area contributed by atoms with E-state index >= 15 is 0 Å². The van der Waals surface area contributed by atoms with Gasteiger partial charge in [-0.15, -0.1) is 0 Å². The number of aryl methyl sites for hydroxylation is 1. The molecule has 0 N–H and O–H groups in total. The number of hydrogen-bond donors (Lipinski definition) is 0. The second kappa shape index (κ2) is 4.55. The highest BCUT2D eigenvalue weighted by atomic mass is 14.6. The number of nitriles is 1. The standard InChI is InChI=1S/C15H16N2/c1-10(2)14(8-16)12-4-5-15-13(7-12)6-11(3)9-17-15/h4-7,9-10,14H,1-3H3. The van der Waals surface area contributed by atoms with Gasteiger partial charge in [0.15, 0.2) is 0 Å². The van der Waals surface area contributed by atoms with Gasteiger partial charge in [0.1, 0.15) is 0 Å². The molecule has 0 bridgehead atoms. The molecule has 0 spiro atoms. The number of aromatic nitrogens is 1. The van der Waals surface area contributed by atoms with Gasteiger partial charge in [-0.3, -0.25) is 4.98 Å². The first kappa shape index (κ1) is 11.6. The van der Waals surface area contributed by atoms with Gasteiger partial charge in [0.05, 0.1) is 17.5 Å². The van der Waals surface area contributed by atoms with Crippen LogP contribution >= 0.6 is 0 Å². The summed E-state index contributed by atoms with van der Waals surface area (Å²) in [5, 5.41) is 10.3. The minimum atomic E-state index is -0.0417. The van der Waals surface area contributed by atoms with Crippen LogP contribution in [0.3, 0.4) is 0 Å². The summed E-state index contributed by atoms with van der Waals surface area (Å²) in [4.78, 5) is 4.37. The predicted molar refractivity (Wildman–Crippen MR) is 69.7 cm³/mol. The zero-order chi connectivity index (χ0) is 12.4. The number of nitrogens with zero attached hydrogens (tertiary/aromatic N) is 2. The molecule has 0 saturated heterocycles. The third-order valence-corrected chi connectivity index (χ3v) is 3.01. The van der Waals surface area contributed by atoms with Gasteiger partial charge in [-0.05, 0) is 42.2 Å². The van der Waals surface area contributed by atoms with Crippen LogP contribution in [-0.2, 0) is 0 Å². The molecule has 1 unspecified atom stereocenters. The highest BCUT2D eigenvalue weighted by Crippen LogP contribution is 2.26. The molecule has 0 aliphatic heterocycles. The Morgan fingerprint density at radius 2 is 2.00 bits per heavy atom. The summed E-state index contributed by atoms with van der Waals surface area (Å²) in [7, 11) is 0. The third-order valence-electron chi connectivity index (χ3n) is 3.01. The van der Waals surface area contributed by atoms with Gasteiger partial charge in [-0.2, -0.15) is 5.26 Å². The molecule has 1 aromatic heterocycles. The fourth-order valence-corrected chi connectivity index (χ4v) is 2.06. The lowest BCUT2D eigenvalue weighted by Gasteiger charge is -2.13. The van der Waals surface area contributed by atoms with Crippen LogP contribution in [0.1, 0.15) is 30.9 Å². The van der Waals surface area contributed by atoms with Crippen LogP contribution in [0.15, 0.2) is 30.5 Å². The maximum atomic E-state index is 9.21. The lowest BCUT2D eigenvalue weighted by atomic mass is 9.89. The Balaban J connectivity index is 2.54. The van der Waals surface area contributed by atoms with Crippen molar-refractivity contribution in [2.24, 2.45) is 5.92 Å². The number of hydrogen-bond acceptors (Lipinski definition) is 2. The van der Waals surface area contributed by atoms with E-state index in [-0.39, 0.29) is 5.92 Å². The van der Waals surface area contributed by atoms with E-state index in [1.807, 2.05) is 25.3 Å². The molecule has 86 valence electrons. The molecule has 1 atom stereocenters. The molecule has 0 fully saturated rings. The van der Waals surface area contributed by atoms with Crippen molar-refractivity contribution in [3.63, 3.8) is 0 Å². The van der Waals surface area contributed by atoms with Gasteiger partial charge >= 0.3 is 0 Å². The van der Waals surface area contributed by atoms with Gasteiger partial charge in [-0.25, -0.2) is 0 Å². The first-order chi connectivity index (χ1) is 8.11. The number of rotatable bonds is 2. The minimum absolute atomic E-state index is 0.0417. The van der Waals surface area contributed by atoms with E-state index in [1.54, 1.807) is 0 Å². The fraction of sp³-hybridized carbons (Fsp3) is 0.333. The van der Waals surface area contributed by atoms with E-state index in [2.05, 4.69) is 37.0 Å². The Kier molecular flexibility index (Phi) is 3.10. The van der Waals surface area contributed by atoms with Crippen molar-refractivity contribution in [1.29, 1.82) is 5.26 Å². The van der Waals surface area contributed by atoms with E-state index in [4.69, 9.17) is 0 Å². The summed E-state index contributed by atoms with van der Waals surface area (Å²) >= 11 is 0. The molecule has 2 rings (SSSR count). The molecule has 1 aromatic carbocycles. The zero-order valence-corrected chi connectivity index (χ0v) is 10.4. The van der Waals surface area contributed by atoms with Crippen LogP contribution in [0.25, 0.3) is 10.9 Å². The zero-order valence-electron chi connectivity index (χ0n) is 10.4. The maximum Gasteiger partial charge on any atom is 0.0735 e. The van der Waals surface area contributed by atoms with E-state index in [1.165, 1.54) is 0 Å². The Morgan fingerprint density at radius 3 is 2.65 bits per heavy atom. The molecule has 0 aliphatic rings. The normalized spacial score (nSPS) is 12.6. The second-order valence-electron chi connectivity index (χ2n) is 4.82. The Morgan fingerprint density at radius 1 is 1.24 bits per heavy atom. The van der Waals surface area contributed by atoms with Gasteiger partial charge < -0.3 is 0 Å². The average molecular weight is 224 g/mol. The van der Waals surface area contributed by atoms with Crippen LogP contribution < -0.4 is 0 Å². The first-order valence-electron chi connectivity index (χ1n) is 5.87. The summed E-state index contributed by atoms with van der Waals surface area (Å²) in [6.45, 7) is 6.18. The third kappa shape index (κ3) is 2.29. The van der Waals surface area contributed by atoms with Gasteiger partial charge in [-0.1, -0.05) is 19.9 Å². The maximum absolute atomic E-state index is 9.21. The molecule has 2 aromatic rings. The lowest BCUT2D eigenvalue weighted by Crippen LogP contribution is -2.03. The van der Waals surface area contributed by atoms with Crippen molar-refractivity contribution < 1.29 is 0 Å². The summed E-state index contributed by atoms with van der Waals surface area (Å²) in [5.41, 5.74) is 3.22. The van der Waals surface area contributed by atoms with Gasteiger partial charge in [0.25, 0.3) is 0 Å². The van der Waals surface area contributed by atoms with E-state index in [0.717, 1.165) is 22.0 Å². The molecular formula is C15H16N2. The number of benzene rings is 1. The quantitative estimate of drug-likeness (QED) is 0.777. The topological polar surface area (TPSA) is 36.7 Å². The minimum Gasteiger partial charge on any atom is -0.256 e. The molecular weight excluding hydrogens is 208 g/mol. The fourth-order valence-electron chi connectivity index (χ4n) is 2.06. The number of pyridine rings is 1. The van der Waals surface area contributed by atoms with Crippen LogP contribution in [0.5, 0.6) is 0 Å². The molecule has 2 heteroatoms. The van der Waals surface area contributed by atoms with E-state index < -0.39 is 0 Å². The van der Waals surface area contributed by atoms with Crippen molar-refractivity contribution in [3.05, 3.63) is 41.6 Å². The summed E-state index contributed by atoms with van der Waals surface area (Å²) in [6.07, 6.45) is 1.87. The SMILES string of the molecule is Cc1cnc2ccc(C(C#N)C(C)C)cc2c1. The summed E-state index contributed by atoms with van der Waals surface area (Å²) in [5.74, 6) is 0.287. The molecule has 17 heavy (non-hydrogen) atoms. The van der Waals surface area contributed by atoms with Crippen molar-refractivity contribution in [2.75, 3.05) is 0 Å². The monoisotopic (exact) mass is 224 g/mol. The van der Waals surface area contributed by atoms with Crippen molar-refractivity contribution in [2.45, 2.75) is 26.7 Å². The smallest absolute Gasteiger partial charge is 0.0735 e. The summed E-state index contributed by atoms with van der Waals surface area (Å²) in [6, 6.07) is 10.6. The van der Waals surface area contributed by atoms with Crippen molar-refractivity contribution in [1.82, 2.24) is 4.98 Å².